The number of anilines is 1. The van der Waals surface area contributed by atoms with Crippen molar-refractivity contribution >= 4 is 40.4 Å². The maximum atomic E-state index is 12.5. The minimum absolute atomic E-state index is 0. The number of carbonyl (C=O) groups excluding carboxylic acids is 2. The van der Waals surface area contributed by atoms with Gasteiger partial charge in [-0.2, -0.15) is 0 Å². The van der Waals surface area contributed by atoms with Gasteiger partial charge in [0.05, 0.1) is 0 Å². The van der Waals surface area contributed by atoms with E-state index in [0.717, 1.165) is 21.9 Å². The van der Waals surface area contributed by atoms with Crippen LogP contribution in [0.1, 0.15) is 41.2 Å². The Hall–Kier alpha value is -3.12. The van der Waals surface area contributed by atoms with Crippen molar-refractivity contribution in [3.05, 3.63) is 93.8 Å². The molecule has 1 aromatic heterocycles. The molecule has 0 radical (unpaired) electrons. The number of nitrogens with one attached hydrogen (secondary N) is 1. The average molecular weight is 512 g/mol. The van der Waals surface area contributed by atoms with Crippen molar-refractivity contribution in [2.24, 2.45) is 0 Å². The van der Waals surface area contributed by atoms with Crippen LogP contribution in [0.15, 0.2) is 65.2 Å². The van der Waals surface area contributed by atoms with E-state index < -0.39 is 12.2 Å². The van der Waals surface area contributed by atoms with Crippen molar-refractivity contribution < 1.29 is 53.9 Å². The van der Waals surface area contributed by atoms with Crippen molar-refractivity contribution in [3.8, 4) is 11.8 Å². The van der Waals surface area contributed by atoms with Crippen LogP contribution in [0.25, 0.3) is 10.8 Å². The predicted octanol–water partition coefficient (Wildman–Crippen LogP) is 2.98. The number of carbonyl (C=O) groups is 1. The van der Waals surface area contributed by atoms with Crippen LogP contribution in [0.4, 0.5) is 10.5 Å². The van der Waals surface area contributed by atoms with Gasteiger partial charge in [-0.05, 0) is 48.7 Å². The van der Waals surface area contributed by atoms with Crippen molar-refractivity contribution in [1.82, 2.24) is 5.16 Å². The van der Waals surface area contributed by atoms with Gasteiger partial charge < -0.3 is 19.5 Å². The number of nitrogens with zero attached hydrogens (tertiary/aromatic N) is 1. The number of fused-ring (bicyclic) bond motifs is 1. The third-order valence-corrected chi connectivity index (χ3v) is 5.56. The first-order valence-corrected chi connectivity index (χ1v) is 10.9. The Balaban J connectivity index is 0.00000228. The Morgan fingerprint density at radius 3 is 2.61 bits per heavy atom. The molecule has 0 spiro atoms. The molecule has 0 unspecified atom stereocenters. The summed E-state index contributed by atoms with van der Waals surface area (Å²) in [5.74, 6) is 6.18. The molecule has 2 N–H and O–H groups in total. The van der Waals surface area contributed by atoms with Crippen LogP contribution in [0, 0.1) is 18.8 Å². The van der Waals surface area contributed by atoms with Crippen LogP contribution in [0.3, 0.4) is 0 Å². The largest absolute Gasteiger partial charge is 1.00 e. The van der Waals surface area contributed by atoms with Gasteiger partial charge in [0.25, 0.3) is 0 Å². The van der Waals surface area contributed by atoms with Crippen molar-refractivity contribution in [2.45, 2.75) is 26.4 Å². The summed E-state index contributed by atoms with van der Waals surface area (Å²) >= 11 is 6.18. The molecular formula is C27H21ClN2NaO5-. The van der Waals surface area contributed by atoms with Crippen molar-refractivity contribution in [2.75, 3.05) is 5.32 Å². The molecule has 1 atom stereocenters. The summed E-state index contributed by atoms with van der Waals surface area (Å²) < 4.78 is 10.8. The quantitative estimate of drug-likeness (QED) is 0.250. The van der Waals surface area contributed by atoms with E-state index in [4.69, 9.17) is 20.9 Å². The number of halogens is 1. The first-order valence-electron chi connectivity index (χ1n) is 10.5. The van der Waals surface area contributed by atoms with Gasteiger partial charge in [0.1, 0.15) is 17.5 Å². The second kappa shape index (κ2) is 13.3. The minimum Gasteiger partial charge on any atom is -0.870 e. The normalized spacial score (nSPS) is 10.8. The molecule has 178 valence electrons. The fraction of sp³-hybridized carbons (Fsp3) is 0.148. The standard InChI is InChI=1S/C27H20ClN2O4.Na.H2O/c1-17-26(29-27(32)33-18(2)23-5-3-4-6-24(23)28)25(34-30-17)12-9-19-7-10-22-16-20(13-14-31)8-11-21(22)15-19;;/h3-8,10-11,15-16,18H,13H2,1-2H3,(H,29,32);;1H2/q-1;+1;/p-1/t18-;;/m1../s1. The number of amides is 1. The number of rotatable bonds is 5. The summed E-state index contributed by atoms with van der Waals surface area (Å²) in [6, 6.07) is 18.7. The van der Waals surface area contributed by atoms with Gasteiger partial charge in [-0.25, -0.2) is 4.79 Å². The Bertz CT molecular complexity index is 1440. The molecule has 9 heteroatoms. The summed E-state index contributed by atoms with van der Waals surface area (Å²) in [5.41, 5.74) is 3.19. The zero-order valence-electron chi connectivity index (χ0n) is 20.0. The van der Waals surface area contributed by atoms with E-state index in [1.165, 1.54) is 0 Å². The Kier molecular flexibility index (Phi) is 10.7. The summed E-state index contributed by atoms with van der Waals surface area (Å²) in [4.78, 5) is 23.1. The van der Waals surface area contributed by atoms with Gasteiger partial charge in [-0.15, -0.1) is 6.42 Å². The molecule has 0 bridgehead atoms. The van der Waals surface area contributed by atoms with Crippen LogP contribution in [0.5, 0.6) is 0 Å². The number of aromatic nitrogens is 1. The monoisotopic (exact) mass is 511 g/mol. The van der Waals surface area contributed by atoms with Crippen LogP contribution in [0.2, 0.25) is 5.02 Å². The second-order valence-electron chi connectivity index (χ2n) is 7.63. The molecule has 3 aromatic carbocycles. The van der Waals surface area contributed by atoms with Gasteiger partial charge in [-0.1, -0.05) is 70.7 Å². The van der Waals surface area contributed by atoms with Crippen molar-refractivity contribution in [3.63, 3.8) is 0 Å². The van der Waals surface area contributed by atoms with Gasteiger partial charge in [0.2, 0.25) is 5.76 Å². The predicted molar refractivity (Wildman–Crippen MR) is 132 cm³/mol. The van der Waals surface area contributed by atoms with E-state index in [2.05, 4.69) is 22.3 Å². The smallest absolute Gasteiger partial charge is 0.870 e. The van der Waals surface area contributed by atoms with Gasteiger partial charge >= 0.3 is 35.7 Å². The molecule has 0 saturated heterocycles. The topological polar surface area (TPSA) is 111 Å². The zero-order valence-corrected chi connectivity index (χ0v) is 22.7. The zero-order chi connectivity index (χ0) is 24.1. The van der Waals surface area contributed by atoms with E-state index >= 15 is 0 Å². The average Bonchev–Trinajstić information content (AvgIpc) is 3.17. The third-order valence-electron chi connectivity index (χ3n) is 5.22. The molecule has 0 fully saturated rings. The molecule has 4 aromatic rings. The molecule has 0 aliphatic rings. The molecular weight excluding hydrogens is 491 g/mol. The number of benzene rings is 3. The first kappa shape index (κ1) is 29.1. The van der Waals surface area contributed by atoms with Gasteiger partial charge in [-0.3, -0.25) is 11.6 Å². The maximum absolute atomic E-state index is 12.5. The van der Waals surface area contributed by atoms with Gasteiger partial charge in [0, 0.05) is 16.1 Å². The summed E-state index contributed by atoms with van der Waals surface area (Å²) in [5, 5.41) is 9.09. The molecule has 1 heterocycles. The van der Waals surface area contributed by atoms with Crippen LogP contribution >= 0.6 is 11.6 Å². The van der Waals surface area contributed by atoms with Crippen LogP contribution in [-0.4, -0.2) is 23.0 Å². The number of hydrogen-bond donors (Lipinski definition) is 1. The fourth-order valence-corrected chi connectivity index (χ4v) is 3.75. The van der Waals surface area contributed by atoms with E-state index in [0.29, 0.717) is 22.0 Å². The number of aryl methyl sites for hydroxylation is 1. The second-order valence-corrected chi connectivity index (χ2v) is 8.04. The van der Waals surface area contributed by atoms with Crippen LogP contribution in [-0.2, 0) is 16.0 Å². The van der Waals surface area contributed by atoms with E-state index in [1.54, 1.807) is 26.0 Å². The summed E-state index contributed by atoms with van der Waals surface area (Å²) in [7, 11) is 0. The molecule has 7 nitrogen and oxygen atoms in total. The number of ether oxygens (including phenoxy) is 1. The summed E-state index contributed by atoms with van der Waals surface area (Å²) in [6.45, 7) is 3.44. The Morgan fingerprint density at radius 2 is 1.86 bits per heavy atom. The van der Waals surface area contributed by atoms with E-state index in [-0.39, 0.29) is 47.2 Å². The molecule has 4 rings (SSSR count). The summed E-state index contributed by atoms with van der Waals surface area (Å²) in [6.07, 6.45) is 0.948. The minimum atomic E-state index is -0.671. The maximum Gasteiger partial charge on any atom is 1.00 e. The third kappa shape index (κ3) is 6.97. The molecule has 0 aliphatic heterocycles. The molecule has 1 amide bonds. The molecule has 36 heavy (non-hydrogen) atoms. The SMILES string of the molecule is Cc1noc(C#Cc2ccc3cc(C[C-]=O)ccc3c2)c1NC(=O)O[C@H](C)c1ccccc1Cl.[Na+].[OH-]. The van der Waals surface area contributed by atoms with Gasteiger partial charge in [0.15, 0.2) is 0 Å². The van der Waals surface area contributed by atoms with Crippen LogP contribution < -0.4 is 34.9 Å². The molecule has 0 aliphatic carbocycles. The fourth-order valence-electron chi connectivity index (χ4n) is 3.46. The Labute approximate surface area is 235 Å². The Morgan fingerprint density at radius 1 is 1.14 bits per heavy atom. The van der Waals surface area contributed by atoms with E-state index in [9.17, 15) is 9.59 Å². The van der Waals surface area contributed by atoms with Crippen molar-refractivity contribution in [1.29, 1.82) is 0 Å². The molecule has 0 saturated carbocycles. The number of hydrogen-bond acceptors (Lipinski definition) is 6. The van der Waals surface area contributed by atoms with E-state index in [1.807, 2.05) is 54.8 Å². The first-order chi connectivity index (χ1) is 16.4.